The first kappa shape index (κ1) is 12.3. The molecule has 20 heavy (non-hydrogen) atoms. The first-order chi connectivity index (χ1) is 9.65. The Balaban J connectivity index is 2.05. The molecule has 0 amide bonds. The molecule has 0 fully saturated rings. The van der Waals surface area contributed by atoms with E-state index >= 15 is 0 Å². The van der Waals surface area contributed by atoms with Gasteiger partial charge in [-0.1, -0.05) is 41.1 Å². The molecule has 2 heterocycles. The minimum Gasteiger partial charge on any atom is -0.355 e. The van der Waals surface area contributed by atoms with Crippen LogP contribution in [0.2, 0.25) is 0 Å². The second-order valence-electron chi connectivity index (χ2n) is 4.65. The van der Waals surface area contributed by atoms with Gasteiger partial charge in [-0.15, -0.1) is 0 Å². The van der Waals surface area contributed by atoms with Crippen molar-refractivity contribution in [3.05, 3.63) is 57.2 Å². The molecular weight excluding hydrogens is 254 g/mol. The van der Waals surface area contributed by atoms with Crippen LogP contribution in [0.1, 0.15) is 22.6 Å². The minimum absolute atomic E-state index is 0.279. The summed E-state index contributed by atoms with van der Waals surface area (Å²) in [7, 11) is 0. The molecule has 100 valence electrons. The van der Waals surface area contributed by atoms with Crippen LogP contribution in [-0.4, -0.2) is 15.4 Å². The molecule has 2 aromatic heterocycles. The summed E-state index contributed by atoms with van der Waals surface area (Å²) in [6.07, 6.45) is 3.72. The van der Waals surface area contributed by atoms with Crippen LogP contribution in [0, 0.1) is 13.8 Å². The van der Waals surface area contributed by atoms with Gasteiger partial charge in [0.05, 0.1) is 11.1 Å². The SMILES string of the molecule is Cc1ccc(C=Cc2onc3c(=O)[nH]nc(C)c23)cc1. The van der Waals surface area contributed by atoms with Gasteiger partial charge in [-0.3, -0.25) is 4.79 Å². The number of benzene rings is 1. The second-order valence-corrected chi connectivity index (χ2v) is 4.65. The Labute approximate surface area is 114 Å². The molecular formula is C15H13N3O2. The smallest absolute Gasteiger partial charge is 0.294 e. The fraction of sp³-hybridized carbons (Fsp3) is 0.133. The summed E-state index contributed by atoms with van der Waals surface area (Å²) in [4.78, 5) is 11.6. The molecule has 5 heteroatoms. The molecule has 0 aliphatic heterocycles. The molecule has 3 rings (SSSR count). The molecule has 0 aliphatic carbocycles. The molecule has 0 bridgehead atoms. The zero-order valence-electron chi connectivity index (χ0n) is 11.2. The summed E-state index contributed by atoms with van der Waals surface area (Å²) in [5, 5.41) is 10.8. The maximum absolute atomic E-state index is 11.6. The Hall–Kier alpha value is -2.69. The summed E-state index contributed by atoms with van der Waals surface area (Å²) in [6, 6.07) is 8.11. The summed E-state index contributed by atoms with van der Waals surface area (Å²) >= 11 is 0. The lowest BCUT2D eigenvalue weighted by atomic mass is 10.1. The monoisotopic (exact) mass is 267 g/mol. The number of fused-ring (bicyclic) bond motifs is 1. The van der Waals surface area contributed by atoms with Crippen molar-refractivity contribution >= 4 is 23.1 Å². The Bertz CT molecular complexity index is 842. The molecule has 0 atom stereocenters. The first-order valence-electron chi connectivity index (χ1n) is 6.24. The predicted octanol–water partition coefficient (Wildman–Crippen LogP) is 2.70. The van der Waals surface area contributed by atoms with E-state index in [0.29, 0.717) is 16.8 Å². The van der Waals surface area contributed by atoms with Crippen LogP contribution in [0.4, 0.5) is 0 Å². The maximum atomic E-state index is 11.6. The molecule has 1 N–H and O–H groups in total. The van der Waals surface area contributed by atoms with Gasteiger partial charge in [-0.05, 0) is 25.5 Å². The molecule has 3 aromatic rings. The van der Waals surface area contributed by atoms with E-state index < -0.39 is 0 Å². The van der Waals surface area contributed by atoms with Gasteiger partial charge in [0.1, 0.15) is 0 Å². The largest absolute Gasteiger partial charge is 0.355 e. The van der Waals surface area contributed by atoms with Crippen LogP contribution in [0.3, 0.4) is 0 Å². The van der Waals surface area contributed by atoms with Crippen molar-refractivity contribution in [1.82, 2.24) is 15.4 Å². The maximum Gasteiger partial charge on any atom is 0.294 e. The van der Waals surface area contributed by atoms with E-state index in [4.69, 9.17) is 4.52 Å². The van der Waals surface area contributed by atoms with Gasteiger partial charge in [0.15, 0.2) is 11.3 Å². The van der Waals surface area contributed by atoms with Crippen LogP contribution in [-0.2, 0) is 0 Å². The van der Waals surface area contributed by atoms with Gasteiger partial charge in [0.25, 0.3) is 5.56 Å². The van der Waals surface area contributed by atoms with Crippen molar-refractivity contribution in [2.45, 2.75) is 13.8 Å². The van der Waals surface area contributed by atoms with Gasteiger partial charge < -0.3 is 4.52 Å². The van der Waals surface area contributed by atoms with E-state index in [1.165, 1.54) is 5.56 Å². The van der Waals surface area contributed by atoms with E-state index in [1.54, 1.807) is 13.0 Å². The number of H-pyrrole nitrogens is 1. The number of hydrogen-bond donors (Lipinski definition) is 1. The summed E-state index contributed by atoms with van der Waals surface area (Å²) < 4.78 is 5.23. The fourth-order valence-corrected chi connectivity index (χ4v) is 2.01. The Morgan fingerprint density at radius 1 is 1.15 bits per heavy atom. The van der Waals surface area contributed by atoms with Crippen molar-refractivity contribution in [3.8, 4) is 0 Å². The van der Waals surface area contributed by atoms with Gasteiger partial charge in [-0.2, -0.15) is 5.10 Å². The highest BCUT2D eigenvalue weighted by Crippen LogP contribution is 2.20. The number of nitrogens with one attached hydrogen (secondary N) is 1. The van der Waals surface area contributed by atoms with Crippen molar-refractivity contribution in [2.75, 3.05) is 0 Å². The summed E-state index contributed by atoms with van der Waals surface area (Å²) in [6.45, 7) is 3.84. The van der Waals surface area contributed by atoms with Gasteiger partial charge in [0, 0.05) is 0 Å². The van der Waals surface area contributed by atoms with Crippen molar-refractivity contribution < 1.29 is 4.52 Å². The average molecular weight is 267 g/mol. The number of aryl methyl sites for hydroxylation is 2. The van der Waals surface area contributed by atoms with Crippen LogP contribution in [0.15, 0.2) is 33.6 Å². The van der Waals surface area contributed by atoms with Crippen molar-refractivity contribution in [1.29, 1.82) is 0 Å². The standard InChI is InChI=1S/C15H13N3O2/c1-9-3-5-11(6-4-9)7-8-12-13-10(2)16-17-15(19)14(13)18-20-12/h3-8H,1-2H3,(H,17,19). The number of aromatic amines is 1. The van der Waals surface area contributed by atoms with E-state index in [-0.39, 0.29) is 11.1 Å². The lowest BCUT2D eigenvalue weighted by molar-refractivity contribution is 0.421. The topological polar surface area (TPSA) is 71.8 Å². The zero-order chi connectivity index (χ0) is 14.1. The molecule has 5 nitrogen and oxygen atoms in total. The number of aromatic nitrogens is 3. The summed E-state index contributed by atoms with van der Waals surface area (Å²) in [5.74, 6) is 0.539. The second kappa shape index (κ2) is 4.77. The number of rotatable bonds is 2. The molecule has 0 radical (unpaired) electrons. The number of hydrogen-bond acceptors (Lipinski definition) is 4. The minimum atomic E-state index is -0.343. The Morgan fingerprint density at radius 2 is 1.90 bits per heavy atom. The Morgan fingerprint density at radius 3 is 2.65 bits per heavy atom. The van der Waals surface area contributed by atoms with Crippen molar-refractivity contribution in [2.24, 2.45) is 0 Å². The zero-order valence-corrected chi connectivity index (χ0v) is 11.2. The van der Waals surface area contributed by atoms with E-state index in [1.807, 2.05) is 37.3 Å². The van der Waals surface area contributed by atoms with Gasteiger partial charge >= 0.3 is 0 Å². The first-order valence-corrected chi connectivity index (χ1v) is 6.24. The van der Waals surface area contributed by atoms with Crippen LogP contribution >= 0.6 is 0 Å². The molecule has 0 saturated heterocycles. The molecule has 0 saturated carbocycles. The highest BCUT2D eigenvalue weighted by atomic mass is 16.5. The lowest BCUT2D eigenvalue weighted by Gasteiger charge is -1.95. The molecule has 0 aliphatic rings. The third kappa shape index (κ3) is 2.14. The third-order valence-corrected chi connectivity index (χ3v) is 3.13. The van der Waals surface area contributed by atoms with E-state index in [9.17, 15) is 4.79 Å². The summed E-state index contributed by atoms with van der Waals surface area (Å²) in [5.41, 5.74) is 2.88. The quantitative estimate of drug-likeness (QED) is 0.774. The van der Waals surface area contributed by atoms with Crippen molar-refractivity contribution in [3.63, 3.8) is 0 Å². The molecule has 0 unspecified atom stereocenters. The highest BCUT2D eigenvalue weighted by molar-refractivity contribution is 5.89. The van der Waals surface area contributed by atoms with Gasteiger partial charge in [-0.25, -0.2) is 5.10 Å². The predicted molar refractivity (Wildman–Crippen MR) is 77.3 cm³/mol. The van der Waals surface area contributed by atoms with E-state index in [0.717, 1.165) is 5.56 Å². The molecule has 0 spiro atoms. The number of nitrogens with zero attached hydrogens (tertiary/aromatic N) is 2. The molecule has 1 aromatic carbocycles. The fourth-order valence-electron chi connectivity index (χ4n) is 2.01. The Kier molecular flexibility index (Phi) is 2.95. The highest BCUT2D eigenvalue weighted by Gasteiger charge is 2.12. The third-order valence-electron chi connectivity index (χ3n) is 3.13. The lowest BCUT2D eigenvalue weighted by Crippen LogP contribution is -2.09. The van der Waals surface area contributed by atoms with Crippen LogP contribution < -0.4 is 5.56 Å². The van der Waals surface area contributed by atoms with Crippen LogP contribution in [0.25, 0.3) is 23.1 Å². The van der Waals surface area contributed by atoms with E-state index in [2.05, 4.69) is 15.4 Å². The normalized spacial score (nSPS) is 11.5. The van der Waals surface area contributed by atoms with Gasteiger partial charge in [0.2, 0.25) is 0 Å². The van der Waals surface area contributed by atoms with Crippen LogP contribution in [0.5, 0.6) is 0 Å². The average Bonchev–Trinajstić information content (AvgIpc) is 2.88.